The summed E-state index contributed by atoms with van der Waals surface area (Å²) in [6.45, 7) is 7.30. The third-order valence-corrected chi connectivity index (χ3v) is 4.40. The van der Waals surface area contributed by atoms with Crippen LogP contribution in [0.3, 0.4) is 0 Å². The molecule has 0 saturated carbocycles. The molecule has 0 aliphatic heterocycles. The number of nitrogens with one attached hydrogen (secondary N) is 1. The SMILES string of the molecule is Cc1[nH]c2c(CN(C)[C@@H](C)c3ccon3)cccc2c1C. The summed E-state index contributed by atoms with van der Waals surface area (Å²) in [6, 6.07) is 8.64. The van der Waals surface area contributed by atoms with Crippen molar-refractivity contribution in [3.05, 3.63) is 53.0 Å². The Kier molecular flexibility index (Phi) is 3.55. The second-order valence-corrected chi connectivity index (χ2v) is 5.73. The zero-order valence-electron chi connectivity index (χ0n) is 13.0. The van der Waals surface area contributed by atoms with Crippen molar-refractivity contribution in [2.45, 2.75) is 33.4 Å². The lowest BCUT2D eigenvalue weighted by Crippen LogP contribution is -2.22. The van der Waals surface area contributed by atoms with Crippen molar-refractivity contribution in [1.29, 1.82) is 0 Å². The number of aromatic nitrogens is 2. The number of aromatic amines is 1. The first-order valence-electron chi connectivity index (χ1n) is 7.25. The summed E-state index contributed by atoms with van der Waals surface area (Å²) in [5, 5.41) is 5.35. The molecular formula is C17H21N3O. The fraction of sp³-hybridized carbons (Fsp3) is 0.353. The molecule has 3 rings (SSSR count). The maximum Gasteiger partial charge on any atom is 0.124 e. The van der Waals surface area contributed by atoms with Crippen molar-refractivity contribution in [3.8, 4) is 0 Å². The summed E-state index contributed by atoms with van der Waals surface area (Å²) in [4.78, 5) is 5.79. The van der Waals surface area contributed by atoms with Gasteiger partial charge in [-0.2, -0.15) is 0 Å². The van der Waals surface area contributed by atoms with Crippen LogP contribution in [0.1, 0.15) is 35.5 Å². The number of benzene rings is 1. The first kappa shape index (κ1) is 13.9. The number of fused-ring (bicyclic) bond motifs is 1. The number of nitrogens with zero attached hydrogens (tertiary/aromatic N) is 2. The van der Waals surface area contributed by atoms with Gasteiger partial charge in [-0.3, -0.25) is 4.90 Å². The predicted octanol–water partition coefficient (Wildman–Crippen LogP) is 3.97. The van der Waals surface area contributed by atoms with Crippen LogP contribution in [0.4, 0.5) is 0 Å². The van der Waals surface area contributed by atoms with Crippen molar-refractivity contribution in [2.24, 2.45) is 0 Å². The van der Waals surface area contributed by atoms with Crippen LogP contribution in [0, 0.1) is 13.8 Å². The van der Waals surface area contributed by atoms with Crippen LogP contribution in [0.2, 0.25) is 0 Å². The molecule has 0 spiro atoms. The van der Waals surface area contributed by atoms with E-state index in [0.29, 0.717) is 0 Å². The molecule has 4 heteroatoms. The Morgan fingerprint density at radius 1 is 1.29 bits per heavy atom. The van der Waals surface area contributed by atoms with E-state index in [1.54, 1.807) is 6.26 Å². The summed E-state index contributed by atoms with van der Waals surface area (Å²) in [5.41, 5.74) is 6.08. The van der Waals surface area contributed by atoms with E-state index in [1.165, 1.54) is 27.7 Å². The van der Waals surface area contributed by atoms with Crippen molar-refractivity contribution in [2.75, 3.05) is 7.05 Å². The molecule has 4 nitrogen and oxygen atoms in total. The van der Waals surface area contributed by atoms with Gasteiger partial charge in [0.1, 0.15) is 12.0 Å². The molecule has 2 heterocycles. The molecule has 0 bridgehead atoms. The average molecular weight is 283 g/mol. The lowest BCUT2D eigenvalue weighted by atomic mass is 10.1. The zero-order valence-corrected chi connectivity index (χ0v) is 13.0. The van der Waals surface area contributed by atoms with Crippen molar-refractivity contribution >= 4 is 10.9 Å². The van der Waals surface area contributed by atoms with E-state index in [1.807, 2.05) is 6.07 Å². The molecule has 3 aromatic rings. The summed E-state index contributed by atoms with van der Waals surface area (Å²) >= 11 is 0. The van der Waals surface area contributed by atoms with Crippen LogP contribution in [-0.4, -0.2) is 22.1 Å². The maximum absolute atomic E-state index is 4.94. The van der Waals surface area contributed by atoms with Crippen LogP contribution < -0.4 is 0 Å². The number of para-hydroxylation sites is 1. The quantitative estimate of drug-likeness (QED) is 0.788. The van der Waals surface area contributed by atoms with Crippen LogP contribution in [-0.2, 0) is 6.54 Å². The van der Waals surface area contributed by atoms with Gasteiger partial charge in [0, 0.05) is 23.7 Å². The second-order valence-electron chi connectivity index (χ2n) is 5.73. The van der Waals surface area contributed by atoms with Gasteiger partial charge in [0.15, 0.2) is 0 Å². The number of rotatable bonds is 4. The minimum Gasteiger partial charge on any atom is -0.364 e. The molecule has 0 saturated heterocycles. The number of H-pyrrole nitrogens is 1. The molecular weight excluding hydrogens is 262 g/mol. The molecule has 0 unspecified atom stereocenters. The van der Waals surface area contributed by atoms with Crippen LogP contribution >= 0.6 is 0 Å². The highest BCUT2D eigenvalue weighted by Crippen LogP contribution is 2.26. The van der Waals surface area contributed by atoms with Gasteiger partial charge in [-0.1, -0.05) is 23.4 Å². The Bertz CT molecular complexity index is 743. The third kappa shape index (κ3) is 2.47. The van der Waals surface area contributed by atoms with E-state index < -0.39 is 0 Å². The minimum absolute atomic E-state index is 0.219. The highest BCUT2D eigenvalue weighted by molar-refractivity contribution is 5.87. The van der Waals surface area contributed by atoms with Gasteiger partial charge in [0.25, 0.3) is 0 Å². The van der Waals surface area contributed by atoms with E-state index >= 15 is 0 Å². The van der Waals surface area contributed by atoms with E-state index in [9.17, 15) is 0 Å². The Balaban J connectivity index is 1.89. The van der Waals surface area contributed by atoms with E-state index in [4.69, 9.17) is 4.52 Å². The molecule has 2 aromatic heterocycles. The molecule has 0 aliphatic carbocycles. The van der Waals surface area contributed by atoms with E-state index in [2.05, 4.69) is 61.1 Å². The molecule has 0 radical (unpaired) electrons. The fourth-order valence-corrected chi connectivity index (χ4v) is 2.74. The zero-order chi connectivity index (χ0) is 15.0. The summed E-state index contributed by atoms with van der Waals surface area (Å²) < 4.78 is 4.94. The third-order valence-electron chi connectivity index (χ3n) is 4.40. The Labute approximate surface area is 124 Å². The second kappa shape index (κ2) is 5.37. The smallest absolute Gasteiger partial charge is 0.124 e. The Morgan fingerprint density at radius 2 is 2.10 bits per heavy atom. The molecule has 21 heavy (non-hydrogen) atoms. The van der Waals surface area contributed by atoms with Crippen molar-refractivity contribution < 1.29 is 4.52 Å². The minimum atomic E-state index is 0.219. The number of aryl methyl sites for hydroxylation is 2. The highest BCUT2D eigenvalue weighted by atomic mass is 16.5. The van der Waals surface area contributed by atoms with Gasteiger partial charge in [0.05, 0.1) is 11.6 Å². The van der Waals surface area contributed by atoms with E-state index in [0.717, 1.165) is 12.2 Å². The number of hydrogen-bond acceptors (Lipinski definition) is 3. The summed E-state index contributed by atoms with van der Waals surface area (Å²) in [5.74, 6) is 0. The van der Waals surface area contributed by atoms with Crippen LogP contribution in [0.5, 0.6) is 0 Å². The molecule has 0 fully saturated rings. The van der Waals surface area contributed by atoms with Crippen LogP contribution in [0.15, 0.2) is 35.1 Å². The standard InChI is InChI=1S/C17H21N3O/c1-11-12(2)18-17-14(6-5-7-15(11)17)10-20(4)13(3)16-8-9-21-19-16/h5-9,13,18H,10H2,1-4H3/t13-/m0/s1. The van der Waals surface area contributed by atoms with Crippen LogP contribution in [0.25, 0.3) is 10.9 Å². The maximum atomic E-state index is 4.94. The Hall–Kier alpha value is -2.07. The lowest BCUT2D eigenvalue weighted by molar-refractivity contribution is 0.241. The Morgan fingerprint density at radius 3 is 2.81 bits per heavy atom. The molecule has 0 aliphatic rings. The first-order valence-corrected chi connectivity index (χ1v) is 7.25. The summed E-state index contributed by atoms with van der Waals surface area (Å²) in [6.07, 6.45) is 1.62. The highest BCUT2D eigenvalue weighted by Gasteiger charge is 2.16. The molecule has 0 amide bonds. The topological polar surface area (TPSA) is 45.1 Å². The van der Waals surface area contributed by atoms with Gasteiger partial charge in [-0.25, -0.2) is 0 Å². The van der Waals surface area contributed by atoms with E-state index in [-0.39, 0.29) is 6.04 Å². The predicted molar refractivity (Wildman–Crippen MR) is 84.2 cm³/mol. The van der Waals surface area contributed by atoms with Gasteiger partial charge in [-0.15, -0.1) is 0 Å². The normalized spacial score (nSPS) is 13.2. The molecule has 1 N–H and O–H groups in total. The van der Waals surface area contributed by atoms with Gasteiger partial charge < -0.3 is 9.51 Å². The lowest BCUT2D eigenvalue weighted by Gasteiger charge is -2.23. The van der Waals surface area contributed by atoms with Crippen molar-refractivity contribution in [3.63, 3.8) is 0 Å². The molecule has 110 valence electrons. The monoisotopic (exact) mass is 283 g/mol. The molecule has 1 atom stereocenters. The van der Waals surface area contributed by atoms with Gasteiger partial charge >= 0.3 is 0 Å². The number of hydrogen-bond donors (Lipinski definition) is 1. The fourth-order valence-electron chi connectivity index (χ4n) is 2.74. The average Bonchev–Trinajstić information content (AvgIpc) is 3.09. The molecule has 1 aromatic carbocycles. The van der Waals surface area contributed by atoms with Gasteiger partial charge in [0.2, 0.25) is 0 Å². The largest absolute Gasteiger partial charge is 0.364 e. The summed E-state index contributed by atoms with van der Waals surface area (Å²) in [7, 11) is 2.11. The first-order chi connectivity index (χ1) is 10.1. The van der Waals surface area contributed by atoms with Crippen molar-refractivity contribution in [1.82, 2.24) is 15.0 Å². The van der Waals surface area contributed by atoms with Gasteiger partial charge in [-0.05, 0) is 38.9 Å².